The molecule has 0 aromatic heterocycles. The zero-order valence-corrected chi connectivity index (χ0v) is 13.4. The molecule has 0 bridgehead atoms. The topological polar surface area (TPSA) is 35.5 Å². The number of halogens is 1. The van der Waals surface area contributed by atoms with E-state index in [1.54, 1.807) is 26.8 Å². The molecule has 1 aromatic carbocycles. The second kappa shape index (κ2) is 6.55. The van der Waals surface area contributed by atoms with Crippen LogP contribution in [0.5, 0.6) is 0 Å². The molecule has 0 heterocycles. The van der Waals surface area contributed by atoms with Gasteiger partial charge in [0.15, 0.2) is 0 Å². The summed E-state index contributed by atoms with van der Waals surface area (Å²) in [5.74, 6) is -0.190. The molecule has 0 fully saturated rings. The zero-order valence-electron chi connectivity index (χ0n) is 13.4. The highest BCUT2D eigenvalue weighted by molar-refractivity contribution is 5.57. The van der Waals surface area contributed by atoms with Crippen LogP contribution >= 0.6 is 0 Å². The Morgan fingerprint density at radius 3 is 2.50 bits per heavy atom. The molecule has 0 spiro atoms. The first-order valence-corrected chi connectivity index (χ1v) is 7.12. The smallest absolute Gasteiger partial charge is 0.126 e. The first-order chi connectivity index (χ1) is 9.15. The van der Waals surface area contributed by atoms with Crippen molar-refractivity contribution in [2.45, 2.75) is 46.3 Å². The van der Waals surface area contributed by atoms with Crippen molar-refractivity contribution >= 4 is 5.69 Å². The lowest BCUT2D eigenvalue weighted by Crippen LogP contribution is -2.37. The molecule has 0 saturated heterocycles. The fourth-order valence-corrected chi connectivity index (χ4v) is 2.44. The van der Waals surface area contributed by atoms with E-state index in [9.17, 15) is 9.50 Å². The van der Waals surface area contributed by atoms with E-state index in [0.29, 0.717) is 12.1 Å². The Bertz CT molecular complexity index is 455. The van der Waals surface area contributed by atoms with E-state index in [1.165, 1.54) is 0 Å². The number of aryl methyl sites for hydroxylation is 1. The van der Waals surface area contributed by atoms with Crippen LogP contribution in [-0.4, -0.2) is 30.8 Å². The lowest BCUT2D eigenvalue weighted by molar-refractivity contribution is 0.0885. The molecule has 0 radical (unpaired) electrons. The second-order valence-corrected chi connectivity index (χ2v) is 6.11. The fraction of sp³-hybridized carbons (Fsp3) is 0.625. The molecular weight excluding hydrogens is 255 g/mol. The molecule has 4 heteroatoms. The fourth-order valence-electron chi connectivity index (χ4n) is 2.44. The lowest BCUT2D eigenvalue weighted by Gasteiger charge is -2.31. The van der Waals surface area contributed by atoms with E-state index < -0.39 is 5.60 Å². The van der Waals surface area contributed by atoms with Crippen LogP contribution in [0.4, 0.5) is 10.1 Å². The van der Waals surface area contributed by atoms with Crippen molar-refractivity contribution in [2.24, 2.45) is 0 Å². The van der Waals surface area contributed by atoms with Gasteiger partial charge in [0.05, 0.1) is 5.60 Å². The Labute approximate surface area is 121 Å². The highest BCUT2D eigenvalue weighted by atomic mass is 19.1. The zero-order chi connectivity index (χ0) is 15.5. The second-order valence-electron chi connectivity index (χ2n) is 6.11. The molecule has 114 valence electrons. The third-order valence-electron chi connectivity index (χ3n) is 3.32. The van der Waals surface area contributed by atoms with E-state index in [2.05, 4.69) is 5.32 Å². The predicted molar refractivity (Wildman–Crippen MR) is 82.8 cm³/mol. The van der Waals surface area contributed by atoms with E-state index in [-0.39, 0.29) is 11.9 Å². The minimum atomic E-state index is -0.796. The maximum atomic E-state index is 13.9. The number of rotatable bonds is 6. The van der Waals surface area contributed by atoms with Crippen LogP contribution in [0.3, 0.4) is 0 Å². The quantitative estimate of drug-likeness (QED) is 0.842. The van der Waals surface area contributed by atoms with Gasteiger partial charge < -0.3 is 15.3 Å². The van der Waals surface area contributed by atoms with Crippen molar-refractivity contribution in [3.8, 4) is 0 Å². The number of hydrogen-bond acceptors (Lipinski definition) is 3. The van der Waals surface area contributed by atoms with E-state index in [0.717, 1.165) is 17.8 Å². The van der Waals surface area contributed by atoms with Crippen LogP contribution in [0, 0.1) is 12.7 Å². The van der Waals surface area contributed by atoms with Gasteiger partial charge in [-0.05, 0) is 57.5 Å². The summed E-state index contributed by atoms with van der Waals surface area (Å²) in [7, 11) is 1.92. The van der Waals surface area contributed by atoms with Gasteiger partial charge in [0, 0.05) is 25.3 Å². The first-order valence-electron chi connectivity index (χ1n) is 7.12. The number of aliphatic hydroxyl groups is 1. The molecule has 0 aliphatic heterocycles. The van der Waals surface area contributed by atoms with E-state index >= 15 is 0 Å². The van der Waals surface area contributed by atoms with Gasteiger partial charge in [-0.25, -0.2) is 4.39 Å². The molecule has 1 unspecified atom stereocenters. The van der Waals surface area contributed by atoms with Crippen molar-refractivity contribution < 1.29 is 9.50 Å². The van der Waals surface area contributed by atoms with Gasteiger partial charge in [0.2, 0.25) is 0 Å². The molecule has 1 rings (SSSR count). The van der Waals surface area contributed by atoms with Crippen LogP contribution in [0.15, 0.2) is 12.1 Å². The summed E-state index contributed by atoms with van der Waals surface area (Å²) < 4.78 is 13.9. The highest BCUT2D eigenvalue weighted by Gasteiger charge is 2.20. The summed E-state index contributed by atoms with van der Waals surface area (Å²) in [6, 6.07) is 3.51. The first kappa shape index (κ1) is 16.9. The SMILES string of the molecule is CCNC(C)c1cc(F)c(C)cc1N(C)CC(C)(C)O. The van der Waals surface area contributed by atoms with Gasteiger partial charge in [0.25, 0.3) is 0 Å². The molecule has 0 aliphatic rings. The number of hydrogen-bond donors (Lipinski definition) is 2. The molecular formula is C16H27FN2O. The summed E-state index contributed by atoms with van der Waals surface area (Å²) in [4.78, 5) is 1.98. The van der Waals surface area contributed by atoms with Gasteiger partial charge in [-0.1, -0.05) is 6.92 Å². The Kier molecular flexibility index (Phi) is 5.54. The Balaban J connectivity index is 3.18. The van der Waals surface area contributed by atoms with Crippen LogP contribution in [0.25, 0.3) is 0 Å². The van der Waals surface area contributed by atoms with Crippen LogP contribution in [0.1, 0.15) is 44.9 Å². The van der Waals surface area contributed by atoms with Gasteiger partial charge in [0.1, 0.15) is 5.82 Å². The normalized spacial score (nSPS) is 13.4. The number of anilines is 1. The third-order valence-corrected chi connectivity index (χ3v) is 3.32. The predicted octanol–water partition coefficient (Wildman–Crippen LogP) is 3.01. The van der Waals surface area contributed by atoms with Gasteiger partial charge in [-0.15, -0.1) is 0 Å². The van der Waals surface area contributed by atoms with Crippen molar-refractivity contribution in [3.05, 3.63) is 29.1 Å². The van der Waals surface area contributed by atoms with Gasteiger partial charge >= 0.3 is 0 Å². The van der Waals surface area contributed by atoms with Gasteiger partial charge in [-0.2, -0.15) is 0 Å². The molecule has 2 N–H and O–H groups in total. The molecule has 0 aliphatic carbocycles. The number of benzene rings is 1. The Hall–Kier alpha value is -1.13. The number of nitrogens with zero attached hydrogens (tertiary/aromatic N) is 1. The lowest BCUT2D eigenvalue weighted by atomic mass is 10.0. The molecule has 1 atom stereocenters. The van der Waals surface area contributed by atoms with Crippen molar-refractivity contribution in [1.82, 2.24) is 5.32 Å². The molecule has 1 aromatic rings. The minimum absolute atomic E-state index is 0.0642. The standard InChI is InChI=1S/C16H27FN2O/c1-7-18-12(3)13-9-14(17)11(2)8-15(13)19(6)10-16(4,5)20/h8-9,12,18,20H,7,10H2,1-6H3. The monoisotopic (exact) mass is 282 g/mol. The molecule has 0 saturated carbocycles. The van der Waals surface area contributed by atoms with Crippen LogP contribution < -0.4 is 10.2 Å². The van der Waals surface area contributed by atoms with Crippen molar-refractivity contribution in [2.75, 3.05) is 25.0 Å². The van der Waals surface area contributed by atoms with E-state index in [4.69, 9.17) is 0 Å². The Morgan fingerprint density at radius 1 is 1.40 bits per heavy atom. The largest absolute Gasteiger partial charge is 0.389 e. The Morgan fingerprint density at radius 2 is 2.00 bits per heavy atom. The van der Waals surface area contributed by atoms with E-state index in [1.807, 2.05) is 31.9 Å². The summed E-state index contributed by atoms with van der Waals surface area (Å²) in [6.07, 6.45) is 0. The highest BCUT2D eigenvalue weighted by Crippen LogP contribution is 2.29. The maximum Gasteiger partial charge on any atom is 0.126 e. The summed E-state index contributed by atoms with van der Waals surface area (Å²) in [5.41, 5.74) is 1.70. The van der Waals surface area contributed by atoms with Crippen molar-refractivity contribution in [1.29, 1.82) is 0 Å². The molecule has 0 amide bonds. The average molecular weight is 282 g/mol. The summed E-state index contributed by atoms with van der Waals surface area (Å²) in [6.45, 7) is 10.7. The summed E-state index contributed by atoms with van der Waals surface area (Å²) in [5, 5.41) is 13.3. The number of likely N-dealkylation sites (N-methyl/N-ethyl adjacent to an activating group) is 1. The number of nitrogens with one attached hydrogen (secondary N) is 1. The average Bonchev–Trinajstić information content (AvgIpc) is 2.30. The summed E-state index contributed by atoms with van der Waals surface area (Å²) >= 11 is 0. The maximum absolute atomic E-state index is 13.9. The van der Waals surface area contributed by atoms with Crippen molar-refractivity contribution in [3.63, 3.8) is 0 Å². The minimum Gasteiger partial charge on any atom is -0.389 e. The van der Waals surface area contributed by atoms with Crippen LogP contribution in [0.2, 0.25) is 0 Å². The van der Waals surface area contributed by atoms with Gasteiger partial charge in [-0.3, -0.25) is 0 Å². The van der Waals surface area contributed by atoms with Crippen LogP contribution in [-0.2, 0) is 0 Å². The third kappa shape index (κ3) is 4.46. The molecule has 3 nitrogen and oxygen atoms in total. The molecule has 20 heavy (non-hydrogen) atoms.